The topological polar surface area (TPSA) is 79.9 Å². The van der Waals surface area contributed by atoms with Gasteiger partial charge in [0.2, 0.25) is 5.95 Å². The van der Waals surface area contributed by atoms with Gasteiger partial charge in [0.15, 0.2) is 0 Å². The average Bonchev–Trinajstić information content (AvgIpc) is 3.60. The number of rotatable bonds is 5. The Morgan fingerprint density at radius 3 is 2.49 bits per heavy atom. The molecule has 35 heavy (non-hydrogen) atoms. The molecular formula is C26H36N8O. The maximum Gasteiger partial charge on any atom is 0.326 e. The molecule has 186 valence electrons. The summed E-state index contributed by atoms with van der Waals surface area (Å²) < 4.78 is 0. The molecule has 1 saturated carbocycles. The smallest absolute Gasteiger partial charge is 0.326 e. The number of fused-ring (bicyclic) bond motifs is 1. The SMILES string of the molecule is CN1CCN(c2ccc(Nc3ncc4c(n3)N(C3CCCC3)C(=O)N(C3CCNC3)C4)cc2)CC1. The highest BCUT2D eigenvalue weighted by Crippen LogP contribution is 2.36. The number of aromatic nitrogens is 2. The van der Waals surface area contributed by atoms with Crippen molar-refractivity contribution in [2.75, 3.05) is 61.4 Å². The first-order valence-electron chi connectivity index (χ1n) is 13.1. The largest absolute Gasteiger partial charge is 0.369 e. The number of benzene rings is 1. The van der Waals surface area contributed by atoms with E-state index in [1.807, 2.05) is 16.0 Å². The van der Waals surface area contributed by atoms with E-state index in [-0.39, 0.29) is 18.1 Å². The second kappa shape index (κ2) is 9.62. The maximum atomic E-state index is 13.7. The standard InChI is InChI=1S/C26H36N8O/c1-31-12-14-32(15-13-31)21-8-6-20(7-9-21)29-25-28-16-19-18-33(23-10-11-27-17-23)26(35)34(24(19)30-25)22-4-2-3-5-22/h6-9,16,22-23,27H,2-5,10-15,17-18H2,1H3,(H,28,29,30). The lowest BCUT2D eigenvalue weighted by molar-refractivity contribution is 0.174. The van der Waals surface area contributed by atoms with Crippen molar-refractivity contribution in [3.63, 3.8) is 0 Å². The molecule has 2 saturated heterocycles. The molecule has 6 rings (SSSR count). The first-order chi connectivity index (χ1) is 17.2. The molecule has 0 bridgehead atoms. The Bertz CT molecular complexity index is 1040. The molecule has 1 aromatic heterocycles. The highest BCUT2D eigenvalue weighted by atomic mass is 16.2. The van der Waals surface area contributed by atoms with Gasteiger partial charge in [0, 0.05) is 67.9 Å². The number of piperazine rings is 1. The molecule has 9 nitrogen and oxygen atoms in total. The summed E-state index contributed by atoms with van der Waals surface area (Å²) in [5.74, 6) is 1.33. The van der Waals surface area contributed by atoms with Gasteiger partial charge in [0.05, 0.1) is 6.54 Å². The molecule has 1 atom stereocenters. The van der Waals surface area contributed by atoms with E-state index >= 15 is 0 Å². The number of carbonyl (C=O) groups excluding carboxylic acids is 1. The van der Waals surface area contributed by atoms with Crippen LogP contribution in [0.5, 0.6) is 0 Å². The molecule has 2 aromatic rings. The van der Waals surface area contributed by atoms with Gasteiger partial charge in [0.25, 0.3) is 0 Å². The van der Waals surface area contributed by atoms with Crippen molar-refractivity contribution in [2.24, 2.45) is 0 Å². The predicted octanol–water partition coefficient (Wildman–Crippen LogP) is 3.02. The fourth-order valence-electron chi connectivity index (χ4n) is 5.89. The average molecular weight is 477 g/mol. The van der Waals surface area contributed by atoms with Crippen molar-refractivity contribution in [3.05, 3.63) is 36.0 Å². The van der Waals surface area contributed by atoms with E-state index in [0.717, 1.165) is 75.6 Å². The summed E-state index contributed by atoms with van der Waals surface area (Å²) in [5, 5.41) is 6.78. The van der Waals surface area contributed by atoms with Gasteiger partial charge in [-0.1, -0.05) is 12.8 Å². The number of carbonyl (C=O) groups is 1. The summed E-state index contributed by atoms with van der Waals surface area (Å²) >= 11 is 0. The quantitative estimate of drug-likeness (QED) is 0.687. The normalized spacial score (nSPS) is 23.7. The number of hydrogen-bond donors (Lipinski definition) is 2. The van der Waals surface area contributed by atoms with Crippen LogP contribution in [-0.4, -0.2) is 84.2 Å². The van der Waals surface area contributed by atoms with Crippen LogP contribution in [0.3, 0.4) is 0 Å². The number of urea groups is 1. The van der Waals surface area contributed by atoms with Crippen molar-refractivity contribution in [1.82, 2.24) is 25.1 Å². The lowest BCUT2D eigenvalue weighted by Gasteiger charge is -2.41. The summed E-state index contributed by atoms with van der Waals surface area (Å²) in [4.78, 5) is 32.0. The number of nitrogens with zero attached hydrogens (tertiary/aromatic N) is 6. The van der Waals surface area contributed by atoms with Gasteiger partial charge < -0.3 is 25.3 Å². The Morgan fingerprint density at radius 1 is 1.00 bits per heavy atom. The van der Waals surface area contributed by atoms with Crippen LogP contribution in [-0.2, 0) is 6.54 Å². The number of anilines is 4. The molecule has 2 N–H and O–H groups in total. The molecule has 9 heteroatoms. The van der Waals surface area contributed by atoms with E-state index in [2.05, 4.69) is 56.7 Å². The number of nitrogens with one attached hydrogen (secondary N) is 2. The van der Waals surface area contributed by atoms with Crippen molar-refractivity contribution in [3.8, 4) is 0 Å². The monoisotopic (exact) mass is 476 g/mol. The van der Waals surface area contributed by atoms with E-state index < -0.39 is 0 Å². The van der Waals surface area contributed by atoms with Crippen molar-refractivity contribution in [2.45, 2.75) is 50.7 Å². The van der Waals surface area contributed by atoms with Crippen LogP contribution in [0.2, 0.25) is 0 Å². The molecule has 4 heterocycles. The second-order valence-corrected chi connectivity index (χ2v) is 10.4. The number of likely N-dealkylation sites (N-methyl/N-ethyl adjacent to an activating group) is 1. The molecule has 3 aliphatic heterocycles. The van der Waals surface area contributed by atoms with E-state index in [1.54, 1.807) is 0 Å². The number of hydrogen-bond acceptors (Lipinski definition) is 7. The molecule has 0 spiro atoms. The maximum absolute atomic E-state index is 13.7. The Balaban J connectivity index is 1.22. The highest BCUT2D eigenvalue weighted by Gasteiger charge is 2.40. The number of amides is 2. The highest BCUT2D eigenvalue weighted by molar-refractivity contribution is 5.94. The van der Waals surface area contributed by atoms with Crippen LogP contribution in [0, 0.1) is 0 Å². The molecule has 4 aliphatic rings. The molecule has 2 amide bonds. The summed E-state index contributed by atoms with van der Waals surface area (Å²) in [6.45, 7) is 6.71. The van der Waals surface area contributed by atoms with Gasteiger partial charge in [-0.2, -0.15) is 4.98 Å². The van der Waals surface area contributed by atoms with Crippen LogP contribution < -0.4 is 20.4 Å². The van der Waals surface area contributed by atoms with E-state index in [0.29, 0.717) is 12.5 Å². The first kappa shape index (κ1) is 22.5. The summed E-state index contributed by atoms with van der Waals surface area (Å²) in [5.41, 5.74) is 3.24. The third-order valence-corrected chi connectivity index (χ3v) is 8.02. The van der Waals surface area contributed by atoms with Crippen LogP contribution in [0.15, 0.2) is 30.5 Å². The van der Waals surface area contributed by atoms with Gasteiger partial charge >= 0.3 is 6.03 Å². The zero-order chi connectivity index (χ0) is 23.8. The fourth-order valence-corrected chi connectivity index (χ4v) is 5.89. The minimum absolute atomic E-state index is 0.110. The van der Waals surface area contributed by atoms with Crippen molar-refractivity contribution in [1.29, 1.82) is 0 Å². The van der Waals surface area contributed by atoms with Crippen LogP contribution in [0.25, 0.3) is 0 Å². The Labute approximate surface area is 207 Å². The van der Waals surface area contributed by atoms with Crippen LogP contribution in [0.1, 0.15) is 37.7 Å². The Hall–Kier alpha value is -2.91. The lowest BCUT2D eigenvalue weighted by Crippen LogP contribution is -2.55. The summed E-state index contributed by atoms with van der Waals surface area (Å²) in [6.07, 6.45) is 7.34. The molecule has 1 aromatic carbocycles. The van der Waals surface area contributed by atoms with Gasteiger partial charge in [-0.25, -0.2) is 9.78 Å². The van der Waals surface area contributed by atoms with Crippen molar-refractivity contribution < 1.29 is 4.79 Å². The predicted molar refractivity (Wildman–Crippen MR) is 138 cm³/mol. The third-order valence-electron chi connectivity index (χ3n) is 8.02. The van der Waals surface area contributed by atoms with E-state index in [9.17, 15) is 4.79 Å². The molecule has 1 aliphatic carbocycles. The zero-order valence-corrected chi connectivity index (χ0v) is 20.6. The lowest BCUT2D eigenvalue weighted by atomic mass is 10.1. The minimum atomic E-state index is 0.110. The molecule has 1 unspecified atom stereocenters. The molecule has 0 radical (unpaired) electrons. The second-order valence-electron chi connectivity index (χ2n) is 10.4. The zero-order valence-electron chi connectivity index (χ0n) is 20.6. The fraction of sp³-hybridized carbons (Fsp3) is 0.577. The Kier molecular flexibility index (Phi) is 6.20. The van der Waals surface area contributed by atoms with Gasteiger partial charge in [-0.3, -0.25) is 4.90 Å². The van der Waals surface area contributed by atoms with Crippen LogP contribution in [0.4, 0.5) is 27.9 Å². The third kappa shape index (κ3) is 4.54. The molecular weight excluding hydrogens is 440 g/mol. The van der Waals surface area contributed by atoms with E-state index in [1.165, 1.54) is 18.5 Å². The van der Waals surface area contributed by atoms with Gasteiger partial charge in [0.1, 0.15) is 5.82 Å². The first-order valence-corrected chi connectivity index (χ1v) is 13.1. The van der Waals surface area contributed by atoms with Gasteiger partial charge in [-0.15, -0.1) is 0 Å². The van der Waals surface area contributed by atoms with Gasteiger partial charge in [-0.05, 0) is 57.1 Å². The van der Waals surface area contributed by atoms with E-state index in [4.69, 9.17) is 4.98 Å². The van der Waals surface area contributed by atoms with Crippen molar-refractivity contribution >= 4 is 29.2 Å². The summed E-state index contributed by atoms with van der Waals surface area (Å²) in [6, 6.07) is 9.08. The molecule has 3 fully saturated rings. The minimum Gasteiger partial charge on any atom is -0.369 e. The van der Waals surface area contributed by atoms with Crippen LogP contribution >= 0.6 is 0 Å². The Morgan fingerprint density at radius 2 is 1.77 bits per heavy atom. The summed E-state index contributed by atoms with van der Waals surface area (Å²) in [7, 11) is 2.17.